The van der Waals surface area contributed by atoms with Gasteiger partial charge in [-0.1, -0.05) is 32.4 Å². The van der Waals surface area contributed by atoms with E-state index in [9.17, 15) is 13.2 Å². The summed E-state index contributed by atoms with van der Waals surface area (Å²) < 4.78 is 45.7. The summed E-state index contributed by atoms with van der Waals surface area (Å²) in [6, 6.07) is 7.36. The Bertz CT molecular complexity index is 717. The van der Waals surface area contributed by atoms with Gasteiger partial charge in [0.05, 0.1) is 6.10 Å². The molecule has 0 aliphatic carbocycles. The van der Waals surface area contributed by atoms with Gasteiger partial charge in [0.2, 0.25) is 0 Å². The third-order valence-electron chi connectivity index (χ3n) is 4.11. The molecule has 1 atom stereocenters. The molecule has 0 bridgehead atoms. The van der Waals surface area contributed by atoms with Crippen molar-refractivity contribution in [2.75, 3.05) is 11.9 Å². The summed E-state index contributed by atoms with van der Waals surface area (Å²) in [5, 5.41) is 0. The van der Waals surface area contributed by atoms with Crippen LogP contribution in [0.5, 0.6) is 6.01 Å². The fourth-order valence-corrected chi connectivity index (χ4v) is 2.43. The van der Waals surface area contributed by atoms with E-state index in [1.807, 2.05) is 26.0 Å². The summed E-state index contributed by atoms with van der Waals surface area (Å²) in [5.74, 6) is -0.228. The van der Waals surface area contributed by atoms with Gasteiger partial charge in [-0.05, 0) is 37.5 Å². The molecule has 1 heterocycles. The lowest BCUT2D eigenvalue weighted by Gasteiger charge is -2.23. The summed E-state index contributed by atoms with van der Waals surface area (Å²) in [5.41, 5.74) is 0.863. The van der Waals surface area contributed by atoms with Crippen LogP contribution in [0.3, 0.4) is 0 Å². The third-order valence-corrected chi connectivity index (χ3v) is 4.11. The average molecular weight is 367 g/mol. The smallest absolute Gasteiger partial charge is 0.421 e. The zero-order valence-corrected chi connectivity index (χ0v) is 15.5. The van der Waals surface area contributed by atoms with E-state index in [0.29, 0.717) is 12.1 Å². The standard InChI is InChI=1S/C19H24F3N3O/c1-5-7-14-8-10-15(11-9-14)25(4)17-16(19(20,21)22)12-23-18(24-17)26-13(3)6-2/h8-13H,5-7H2,1-4H3. The number of alkyl halides is 3. The van der Waals surface area contributed by atoms with Crippen LogP contribution in [-0.2, 0) is 12.6 Å². The summed E-state index contributed by atoms with van der Waals surface area (Å²) >= 11 is 0. The number of hydrogen-bond donors (Lipinski definition) is 0. The summed E-state index contributed by atoms with van der Waals surface area (Å²) in [4.78, 5) is 9.17. The van der Waals surface area contributed by atoms with Gasteiger partial charge in [-0.25, -0.2) is 4.98 Å². The molecule has 1 aromatic heterocycles. The molecule has 0 radical (unpaired) electrons. The van der Waals surface area contributed by atoms with Crippen molar-refractivity contribution in [1.82, 2.24) is 9.97 Å². The largest absolute Gasteiger partial charge is 0.460 e. The second-order valence-corrected chi connectivity index (χ2v) is 6.20. The van der Waals surface area contributed by atoms with E-state index < -0.39 is 11.7 Å². The van der Waals surface area contributed by atoms with Crippen LogP contribution in [0.1, 0.15) is 44.7 Å². The fraction of sp³-hybridized carbons (Fsp3) is 0.474. The molecule has 0 aliphatic heterocycles. The van der Waals surface area contributed by atoms with Gasteiger partial charge in [-0.15, -0.1) is 0 Å². The first-order chi connectivity index (χ1) is 12.3. The van der Waals surface area contributed by atoms with Crippen molar-refractivity contribution in [2.45, 2.75) is 52.3 Å². The Morgan fingerprint density at radius 2 is 1.81 bits per heavy atom. The monoisotopic (exact) mass is 367 g/mol. The van der Waals surface area contributed by atoms with Crippen molar-refractivity contribution in [2.24, 2.45) is 0 Å². The summed E-state index contributed by atoms with van der Waals surface area (Å²) in [6.07, 6.45) is -1.32. The Kier molecular flexibility index (Phi) is 6.45. The van der Waals surface area contributed by atoms with Crippen molar-refractivity contribution in [3.63, 3.8) is 0 Å². The molecule has 7 heteroatoms. The first-order valence-electron chi connectivity index (χ1n) is 8.69. The first-order valence-corrected chi connectivity index (χ1v) is 8.69. The number of aromatic nitrogens is 2. The Hall–Kier alpha value is -2.31. The van der Waals surface area contributed by atoms with Gasteiger partial charge in [0, 0.05) is 18.9 Å². The van der Waals surface area contributed by atoms with Gasteiger partial charge in [-0.2, -0.15) is 18.2 Å². The topological polar surface area (TPSA) is 38.2 Å². The number of aryl methyl sites for hydroxylation is 1. The number of hydrogen-bond acceptors (Lipinski definition) is 4. The van der Waals surface area contributed by atoms with Crippen molar-refractivity contribution >= 4 is 11.5 Å². The van der Waals surface area contributed by atoms with Gasteiger partial charge >= 0.3 is 12.2 Å². The maximum absolute atomic E-state index is 13.4. The number of nitrogens with zero attached hydrogens (tertiary/aromatic N) is 3. The van der Waals surface area contributed by atoms with Crippen LogP contribution >= 0.6 is 0 Å². The lowest BCUT2D eigenvalue weighted by molar-refractivity contribution is -0.137. The Labute approximate surface area is 152 Å². The first kappa shape index (κ1) is 20.0. The lowest BCUT2D eigenvalue weighted by atomic mass is 10.1. The van der Waals surface area contributed by atoms with E-state index in [2.05, 4.69) is 16.9 Å². The maximum Gasteiger partial charge on any atom is 0.421 e. The van der Waals surface area contributed by atoms with E-state index in [1.165, 1.54) is 4.90 Å². The molecular formula is C19H24F3N3O. The number of halogens is 3. The van der Waals surface area contributed by atoms with E-state index in [-0.39, 0.29) is 17.9 Å². The molecule has 2 rings (SSSR count). The fourth-order valence-electron chi connectivity index (χ4n) is 2.43. The Balaban J connectivity index is 2.41. The van der Waals surface area contributed by atoms with Crippen LogP contribution in [0.25, 0.3) is 0 Å². The Morgan fingerprint density at radius 1 is 1.15 bits per heavy atom. The highest BCUT2D eigenvalue weighted by atomic mass is 19.4. The van der Waals surface area contributed by atoms with Crippen LogP contribution in [0, 0.1) is 0 Å². The molecule has 0 aliphatic rings. The molecule has 2 aromatic rings. The minimum atomic E-state index is -4.55. The molecule has 4 nitrogen and oxygen atoms in total. The van der Waals surface area contributed by atoms with E-state index in [0.717, 1.165) is 24.6 Å². The molecule has 0 spiro atoms. The molecule has 0 N–H and O–H groups in total. The van der Waals surface area contributed by atoms with Crippen LogP contribution in [0.2, 0.25) is 0 Å². The van der Waals surface area contributed by atoms with Crippen molar-refractivity contribution in [3.05, 3.63) is 41.6 Å². The molecule has 142 valence electrons. The normalized spacial score (nSPS) is 12.7. The van der Waals surface area contributed by atoms with E-state index in [1.54, 1.807) is 19.2 Å². The molecule has 26 heavy (non-hydrogen) atoms. The zero-order chi connectivity index (χ0) is 19.3. The highest BCUT2D eigenvalue weighted by Crippen LogP contribution is 2.37. The van der Waals surface area contributed by atoms with Crippen LogP contribution in [0.15, 0.2) is 30.5 Å². The number of anilines is 2. The molecule has 0 amide bonds. The molecular weight excluding hydrogens is 343 g/mol. The zero-order valence-electron chi connectivity index (χ0n) is 15.5. The SMILES string of the molecule is CCCc1ccc(N(C)c2nc(OC(C)CC)ncc2C(F)(F)F)cc1. The van der Waals surface area contributed by atoms with Crippen LogP contribution < -0.4 is 9.64 Å². The predicted molar refractivity (Wildman–Crippen MR) is 95.9 cm³/mol. The predicted octanol–water partition coefficient (Wildman–Crippen LogP) is 5.39. The van der Waals surface area contributed by atoms with Crippen molar-refractivity contribution in [3.8, 4) is 6.01 Å². The minimum Gasteiger partial charge on any atom is -0.460 e. The highest BCUT2D eigenvalue weighted by molar-refractivity contribution is 5.63. The van der Waals surface area contributed by atoms with Crippen molar-refractivity contribution < 1.29 is 17.9 Å². The molecule has 0 saturated carbocycles. The van der Waals surface area contributed by atoms with Gasteiger partial charge in [0.25, 0.3) is 0 Å². The molecule has 0 fully saturated rings. The van der Waals surface area contributed by atoms with Crippen molar-refractivity contribution in [1.29, 1.82) is 0 Å². The second kappa shape index (κ2) is 8.38. The van der Waals surface area contributed by atoms with Crippen LogP contribution in [0.4, 0.5) is 24.7 Å². The average Bonchev–Trinajstić information content (AvgIpc) is 2.61. The second-order valence-electron chi connectivity index (χ2n) is 6.20. The highest BCUT2D eigenvalue weighted by Gasteiger charge is 2.36. The quantitative estimate of drug-likeness (QED) is 0.657. The molecule has 0 saturated heterocycles. The summed E-state index contributed by atoms with van der Waals surface area (Å²) in [6.45, 7) is 5.81. The number of ether oxygens (including phenoxy) is 1. The van der Waals surface area contributed by atoms with E-state index >= 15 is 0 Å². The van der Waals surface area contributed by atoms with Gasteiger partial charge in [0.1, 0.15) is 5.56 Å². The maximum atomic E-state index is 13.4. The number of benzene rings is 1. The molecule has 1 aromatic carbocycles. The number of rotatable bonds is 7. The van der Waals surface area contributed by atoms with Gasteiger partial charge in [0.15, 0.2) is 5.82 Å². The lowest BCUT2D eigenvalue weighted by Crippen LogP contribution is -2.20. The van der Waals surface area contributed by atoms with Crippen LogP contribution in [-0.4, -0.2) is 23.1 Å². The Morgan fingerprint density at radius 3 is 2.35 bits per heavy atom. The molecule has 1 unspecified atom stereocenters. The summed E-state index contributed by atoms with van der Waals surface area (Å²) in [7, 11) is 1.55. The van der Waals surface area contributed by atoms with Gasteiger partial charge in [-0.3, -0.25) is 0 Å². The van der Waals surface area contributed by atoms with Gasteiger partial charge < -0.3 is 9.64 Å². The van der Waals surface area contributed by atoms with E-state index in [4.69, 9.17) is 4.74 Å². The third kappa shape index (κ3) is 4.86. The minimum absolute atomic E-state index is 0.0585.